The molecule has 0 bridgehead atoms. The molecule has 0 radical (unpaired) electrons. The number of nitrogens with one attached hydrogen (secondary N) is 3. The number of amidine groups is 1. The van der Waals surface area contributed by atoms with Crippen LogP contribution in [0.15, 0.2) is 66.7 Å². The zero-order valence-electron chi connectivity index (χ0n) is 23.2. The molecule has 0 fully saturated rings. The fourth-order valence-corrected chi connectivity index (χ4v) is 3.60. The quantitative estimate of drug-likeness (QED) is 0.128. The molecule has 2 amide bonds. The van der Waals surface area contributed by atoms with Crippen LogP contribution in [0, 0.1) is 10.8 Å². The van der Waals surface area contributed by atoms with Crippen LogP contribution in [0.3, 0.4) is 0 Å². The van der Waals surface area contributed by atoms with Gasteiger partial charge in [-0.1, -0.05) is 45.0 Å². The van der Waals surface area contributed by atoms with E-state index in [4.69, 9.17) is 15.7 Å². The average molecular weight is 583 g/mol. The van der Waals surface area contributed by atoms with Crippen molar-refractivity contribution in [1.29, 1.82) is 5.41 Å². The molecule has 11 nitrogen and oxygen atoms in total. The lowest BCUT2D eigenvalue weighted by Gasteiger charge is -2.18. The van der Waals surface area contributed by atoms with Crippen LogP contribution in [0.1, 0.15) is 63.8 Å². The fourth-order valence-electron chi connectivity index (χ4n) is 3.60. The van der Waals surface area contributed by atoms with Crippen LogP contribution in [0.2, 0.25) is 0 Å². The molecule has 0 unspecified atom stereocenters. The van der Waals surface area contributed by atoms with Crippen LogP contribution >= 0.6 is 0 Å². The molecule has 0 saturated carbocycles. The van der Waals surface area contributed by atoms with E-state index in [1.165, 1.54) is 6.07 Å². The summed E-state index contributed by atoms with van der Waals surface area (Å²) >= 11 is 0. The summed E-state index contributed by atoms with van der Waals surface area (Å²) in [5, 5.41) is 23.0. The van der Waals surface area contributed by atoms with E-state index in [2.05, 4.69) is 31.4 Å². The topological polar surface area (TPSA) is 200 Å². The molecule has 218 valence electrons. The van der Waals surface area contributed by atoms with Crippen LogP contribution in [0.25, 0.3) is 11.1 Å². The van der Waals surface area contributed by atoms with Crippen LogP contribution in [-0.4, -0.2) is 54.5 Å². The highest BCUT2D eigenvalue weighted by atomic mass is 32.2. The Balaban J connectivity index is 0.00000108. The van der Waals surface area contributed by atoms with Crippen LogP contribution in [-0.2, 0) is 10.1 Å². The Morgan fingerprint density at radius 1 is 0.878 bits per heavy atom. The Morgan fingerprint density at radius 2 is 1.41 bits per heavy atom. The van der Waals surface area contributed by atoms with Crippen molar-refractivity contribution in [2.75, 3.05) is 18.1 Å². The number of benzene rings is 3. The number of hydrogen-bond acceptors (Lipinski definition) is 6. The highest BCUT2D eigenvalue weighted by Gasteiger charge is 2.20. The summed E-state index contributed by atoms with van der Waals surface area (Å²) in [4.78, 5) is 37.8. The molecule has 0 aliphatic carbocycles. The SMILES string of the molecule is CC(C)(C)CCNC(=O)c1ccc(-c2ccccc2C(=O)Nc2ccc(C(=N)N)cc2)c(C(=O)O)c1.CS(=O)(=O)O. The number of nitrogens with two attached hydrogens (primary N) is 1. The molecule has 12 heteroatoms. The monoisotopic (exact) mass is 582 g/mol. The molecule has 0 spiro atoms. The first-order chi connectivity index (χ1) is 19.0. The predicted octanol–water partition coefficient (Wildman–Crippen LogP) is 4.26. The summed E-state index contributed by atoms with van der Waals surface area (Å²) in [5.41, 5.74) is 7.74. The predicted molar refractivity (Wildman–Crippen MR) is 158 cm³/mol. The van der Waals surface area contributed by atoms with E-state index in [9.17, 15) is 27.9 Å². The summed E-state index contributed by atoms with van der Waals surface area (Å²) in [6.45, 7) is 6.70. The van der Waals surface area contributed by atoms with Crippen LogP contribution in [0.5, 0.6) is 0 Å². The first kappa shape index (κ1) is 32.7. The summed E-state index contributed by atoms with van der Waals surface area (Å²) in [6.07, 6.45) is 1.50. The minimum Gasteiger partial charge on any atom is -0.478 e. The van der Waals surface area contributed by atoms with E-state index < -0.39 is 22.0 Å². The normalized spacial score (nSPS) is 11.0. The van der Waals surface area contributed by atoms with E-state index >= 15 is 0 Å². The highest BCUT2D eigenvalue weighted by Crippen LogP contribution is 2.29. The van der Waals surface area contributed by atoms with Crippen LogP contribution in [0.4, 0.5) is 5.69 Å². The Kier molecular flexibility index (Phi) is 10.9. The van der Waals surface area contributed by atoms with Gasteiger partial charge in [-0.25, -0.2) is 4.79 Å². The van der Waals surface area contributed by atoms with E-state index in [1.807, 2.05) is 0 Å². The third-order valence-electron chi connectivity index (χ3n) is 5.59. The largest absolute Gasteiger partial charge is 0.478 e. The Bertz CT molecular complexity index is 1540. The molecule has 0 aliphatic rings. The third-order valence-corrected chi connectivity index (χ3v) is 5.59. The van der Waals surface area contributed by atoms with Gasteiger partial charge < -0.3 is 21.5 Å². The molecule has 0 aliphatic heterocycles. The fraction of sp³-hybridized carbons (Fsp3) is 0.241. The number of carboxylic acid groups (broad SMARTS) is 1. The highest BCUT2D eigenvalue weighted by molar-refractivity contribution is 7.85. The third kappa shape index (κ3) is 10.9. The van der Waals surface area contributed by atoms with Gasteiger partial charge in [0, 0.05) is 28.9 Å². The standard InChI is InChI=1S/C28H30N4O4.CH4O3S/c1-28(2,3)14-15-31-25(33)18-10-13-21(23(16-18)27(35)36)20-6-4-5-7-22(20)26(34)32-19-11-8-17(9-12-19)24(29)30;1-5(2,3)4/h4-13,16H,14-15H2,1-3H3,(H3,29,30)(H,31,33)(H,32,34)(H,35,36);1H3,(H,2,3,4). The van der Waals surface area contributed by atoms with Gasteiger partial charge in [-0.3, -0.25) is 19.6 Å². The number of hydrogen-bond donors (Lipinski definition) is 6. The first-order valence-corrected chi connectivity index (χ1v) is 14.2. The van der Waals surface area contributed by atoms with E-state index in [0.29, 0.717) is 35.2 Å². The number of aromatic carboxylic acids is 1. The number of amides is 2. The Hall–Kier alpha value is -4.55. The van der Waals surface area contributed by atoms with E-state index in [-0.39, 0.29) is 33.8 Å². The smallest absolute Gasteiger partial charge is 0.336 e. The van der Waals surface area contributed by atoms with Gasteiger partial charge in [0.25, 0.3) is 21.9 Å². The van der Waals surface area contributed by atoms with Crippen molar-refractivity contribution in [3.63, 3.8) is 0 Å². The summed E-state index contributed by atoms with van der Waals surface area (Å²) in [5.74, 6) is -2.06. The number of nitrogen functional groups attached to an aromatic ring is 1. The average Bonchev–Trinajstić information content (AvgIpc) is 2.86. The maximum absolute atomic E-state index is 13.1. The van der Waals surface area contributed by atoms with Gasteiger partial charge in [-0.15, -0.1) is 0 Å². The Labute approximate surface area is 239 Å². The van der Waals surface area contributed by atoms with E-state index in [0.717, 1.165) is 6.42 Å². The molecule has 0 heterocycles. The molecule has 3 aromatic carbocycles. The van der Waals surface area contributed by atoms with Crippen molar-refractivity contribution in [3.8, 4) is 11.1 Å². The molecular formula is C29H34N4O7S. The minimum atomic E-state index is -3.67. The summed E-state index contributed by atoms with van der Waals surface area (Å²) in [6, 6.07) is 17.6. The molecule has 0 atom stereocenters. The number of anilines is 1. The number of carboxylic acids is 1. The molecule has 7 N–H and O–H groups in total. The molecule has 41 heavy (non-hydrogen) atoms. The molecular weight excluding hydrogens is 548 g/mol. The maximum atomic E-state index is 13.1. The molecule has 0 aromatic heterocycles. The second-order valence-electron chi connectivity index (χ2n) is 10.4. The maximum Gasteiger partial charge on any atom is 0.336 e. The van der Waals surface area contributed by atoms with Crippen molar-refractivity contribution in [3.05, 3.63) is 89.0 Å². The van der Waals surface area contributed by atoms with Gasteiger partial charge >= 0.3 is 5.97 Å². The lowest BCUT2D eigenvalue weighted by molar-refractivity contribution is 0.0697. The number of carbonyl (C=O) groups is 3. The van der Waals surface area contributed by atoms with Gasteiger partial charge in [0.1, 0.15) is 5.84 Å². The lowest BCUT2D eigenvalue weighted by Crippen LogP contribution is -2.27. The number of carbonyl (C=O) groups excluding carboxylic acids is 2. The van der Waals surface area contributed by atoms with Gasteiger partial charge in [-0.05, 0) is 65.4 Å². The first-order valence-electron chi connectivity index (χ1n) is 12.4. The van der Waals surface area contributed by atoms with Gasteiger partial charge in [-0.2, -0.15) is 8.42 Å². The second kappa shape index (κ2) is 13.7. The molecule has 3 rings (SSSR count). The number of rotatable bonds is 8. The lowest BCUT2D eigenvalue weighted by atomic mass is 9.92. The summed E-state index contributed by atoms with van der Waals surface area (Å²) in [7, 11) is -3.67. The van der Waals surface area contributed by atoms with Gasteiger partial charge in [0.05, 0.1) is 11.8 Å². The minimum absolute atomic E-state index is 0.0586. The second-order valence-corrected chi connectivity index (χ2v) is 11.8. The van der Waals surface area contributed by atoms with E-state index in [1.54, 1.807) is 60.7 Å². The van der Waals surface area contributed by atoms with Crippen molar-refractivity contribution in [2.45, 2.75) is 27.2 Å². The molecule has 3 aromatic rings. The Morgan fingerprint density at radius 3 is 1.95 bits per heavy atom. The zero-order valence-corrected chi connectivity index (χ0v) is 24.0. The van der Waals surface area contributed by atoms with Gasteiger partial charge in [0.2, 0.25) is 0 Å². The van der Waals surface area contributed by atoms with Crippen molar-refractivity contribution >= 4 is 39.4 Å². The van der Waals surface area contributed by atoms with Crippen LogP contribution < -0.4 is 16.4 Å². The van der Waals surface area contributed by atoms with Crippen molar-refractivity contribution < 1.29 is 32.5 Å². The van der Waals surface area contributed by atoms with Gasteiger partial charge in [0.15, 0.2) is 0 Å². The van der Waals surface area contributed by atoms with Crippen molar-refractivity contribution in [2.24, 2.45) is 11.1 Å². The molecule has 0 saturated heterocycles. The zero-order chi connectivity index (χ0) is 31.0. The van der Waals surface area contributed by atoms with Crippen molar-refractivity contribution in [1.82, 2.24) is 5.32 Å². The summed E-state index contributed by atoms with van der Waals surface area (Å²) < 4.78 is 25.9.